The van der Waals surface area contributed by atoms with Gasteiger partial charge in [0.2, 0.25) is 5.95 Å². The van der Waals surface area contributed by atoms with Crippen LogP contribution in [0.25, 0.3) is 0 Å². The number of carbonyl (C=O) groups excluding carboxylic acids is 1. The lowest BCUT2D eigenvalue weighted by molar-refractivity contribution is 0.0949. The minimum absolute atomic E-state index is 0.158. The second-order valence-corrected chi connectivity index (χ2v) is 6.14. The Kier molecular flexibility index (Phi) is 5.62. The Morgan fingerprint density at radius 1 is 1.23 bits per heavy atom. The summed E-state index contributed by atoms with van der Waals surface area (Å²) in [6.07, 6.45) is 0. The molecule has 0 spiro atoms. The number of nitrogens with one attached hydrogen (secondary N) is 1. The lowest BCUT2D eigenvalue weighted by Gasteiger charge is -2.26. The number of benzene rings is 1. The Morgan fingerprint density at radius 2 is 2.00 bits per heavy atom. The molecular weight excluding hydrogens is 334 g/mol. The first kappa shape index (κ1) is 18.1. The number of rotatable bonds is 5. The Balaban J connectivity index is 1.73. The van der Waals surface area contributed by atoms with Crippen molar-refractivity contribution in [3.05, 3.63) is 40.7 Å². The maximum Gasteiger partial charge on any atom is 0.321 e. The molecule has 3 rings (SSSR count). The fraction of sp³-hybridized carbons (Fsp3) is 0.444. The molecule has 1 aliphatic heterocycles. The molecule has 8 nitrogen and oxygen atoms in total. The molecule has 0 bridgehead atoms. The highest BCUT2D eigenvalue weighted by molar-refractivity contribution is 5.95. The van der Waals surface area contributed by atoms with Gasteiger partial charge >= 0.3 is 6.01 Å². The molecule has 138 valence electrons. The molecule has 1 N–H and O–H groups in total. The van der Waals surface area contributed by atoms with Crippen molar-refractivity contribution in [1.29, 1.82) is 0 Å². The first-order valence-corrected chi connectivity index (χ1v) is 8.54. The van der Waals surface area contributed by atoms with Gasteiger partial charge in [0.25, 0.3) is 5.91 Å². The Bertz CT molecular complexity index is 790. The lowest BCUT2D eigenvalue weighted by Crippen LogP contribution is -2.37. The Labute approximate surface area is 152 Å². The molecule has 0 saturated carbocycles. The summed E-state index contributed by atoms with van der Waals surface area (Å²) in [5, 5.41) is 2.87. The molecule has 0 unspecified atom stereocenters. The van der Waals surface area contributed by atoms with Crippen LogP contribution in [0.15, 0.2) is 18.2 Å². The summed E-state index contributed by atoms with van der Waals surface area (Å²) in [6, 6.07) is 5.96. The van der Waals surface area contributed by atoms with Gasteiger partial charge in [0.1, 0.15) is 0 Å². The van der Waals surface area contributed by atoms with Crippen LogP contribution in [0.4, 0.5) is 5.95 Å². The van der Waals surface area contributed by atoms with Gasteiger partial charge < -0.3 is 19.7 Å². The minimum Gasteiger partial charge on any atom is -0.467 e. The third-order valence-corrected chi connectivity index (χ3v) is 4.16. The second kappa shape index (κ2) is 8.09. The molecule has 1 fully saturated rings. The fourth-order valence-corrected chi connectivity index (χ4v) is 2.78. The van der Waals surface area contributed by atoms with Crippen molar-refractivity contribution < 1.29 is 14.3 Å². The van der Waals surface area contributed by atoms with E-state index < -0.39 is 0 Å². The van der Waals surface area contributed by atoms with Gasteiger partial charge in [-0.25, -0.2) is 0 Å². The summed E-state index contributed by atoms with van der Waals surface area (Å²) in [5.41, 5.74) is 2.70. The monoisotopic (exact) mass is 357 g/mol. The SMILES string of the molecule is COc1nc(CNC(=O)c2ccc(C)cc2C)nc(N2CCOCC2)n1. The summed E-state index contributed by atoms with van der Waals surface area (Å²) >= 11 is 0. The predicted molar refractivity (Wildman–Crippen MR) is 96.5 cm³/mol. The van der Waals surface area contributed by atoms with E-state index in [4.69, 9.17) is 9.47 Å². The fourth-order valence-electron chi connectivity index (χ4n) is 2.78. The highest BCUT2D eigenvalue weighted by atomic mass is 16.5. The zero-order valence-corrected chi connectivity index (χ0v) is 15.3. The molecular formula is C18H23N5O3. The van der Waals surface area contributed by atoms with Crippen molar-refractivity contribution in [3.8, 4) is 6.01 Å². The maximum atomic E-state index is 12.5. The quantitative estimate of drug-likeness (QED) is 0.862. The van der Waals surface area contributed by atoms with Gasteiger partial charge in [-0.15, -0.1) is 0 Å². The number of aromatic nitrogens is 3. The van der Waals surface area contributed by atoms with Crippen molar-refractivity contribution in [1.82, 2.24) is 20.3 Å². The molecule has 2 aromatic rings. The molecule has 2 heterocycles. The number of aryl methyl sites for hydroxylation is 2. The number of amides is 1. The van der Waals surface area contributed by atoms with E-state index >= 15 is 0 Å². The van der Waals surface area contributed by atoms with E-state index in [1.165, 1.54) is 7.11 Å². The summed E-state index contributed by atoms with van der Waals surface area (Å²) in [6.45, 7) is 6.80. The summed E-state index contributed by atoms with van der Waals surface area (Å²) in [5.74, 6) is 0.835. The first-order valence-electron chi connectivity index (χ1n) is 8.54. The van der Waals surface area contributed by atoms with Gasteiger partial charge in [-0.2, -0.15) is 15.0 Å². The van der Waals surface area contributed by atoms with Crippen LogP contribution < -0.4 is 15.0 Å². The Morgan fingerprint density at radius 3 is 2.69 bits per heavy atom. The summed E-state index contributed by atoms with van der Waals surface area (Å²) in [7, 11) is 1.51. The minimum atomic E-state index is -0.158. The van der Waals surface area contributed by atoms with Crippen LogP contribution >= 0.6 is 0 Å². The van der Waals surface area contributed by atoms with Crippen LogP contribution in [0, 0.1) is 13.8 Å². The van der Waals surface area contributed by atoms with Crippen molar-refractivity contribution in [3.63, 3.8) is 0 Å². The van der Waals surface area contributed by atoms with Crippen LogP contribution in [-0.2, 0) is 11.3 Å². The van der Waals surface area contributed by atoms with Gasteiger partial charge in [0.05, 0.1) is 26.9 Å². The molecule has 1 aromatic carbocycles. The van der Waals surface area contributed by atoms with Crippen molar-refractivity contribution in [2.75, 3.05) is 38.3 Å². The van der Waals surface area contributed by atoms with E-state index in [1.807, 2.05) is 36.9 Å². The number of anilines is 1. The van der Waals surface area contributed by atoms with Gasteiger partial charge in [0, 0.05) is 18.7 Å². The lowest BCUT2D eigenvalue weighted by atomic mass is 10.1. The van der Waals surface area contributed by atoms with Gasteiger partial charge in [0.15, 0.2) is 5.82 Å². The second-order valence-electron chi connectivity index (χ2n) is 6.14. The topological polar surface area (TPSA) is 89.5 Å². The third-order valence-electron chi connectivity index (χ3n) is 4.16. The van der Waals surface area contributed by atoms with Crippen LogP contribution in [0.3, 0.4) is 0 Å². The molecule has 1 aromatic heterocycles. The molecule has 1 saturated heterocycles. The number of nitrogens with zero attached hydrogens (tertiary/aromatic N) is 4. The molecule has 26 heavy (non-hydrogen) atoms. The molecule has 1 aliphatic rings. The number of morpholine rings is 1. The van der Waals surface area contributed by atoms with Crippen LogP contribution in [0.5, 0.6) is 6.01 Å². The predicted octanol–water partition coefficient (Wildman–Crippen LogP) is 1.26. The van der Waals surface area contributed by atoms with Crippen LogP contribution in [0.2, 0.25) is 0 Å². The third kappa shape index (κ3) is 4.26. The highest BCUT2D eigenvalue weighted by Gasteiger charge is 2.17. The standard InChI is InChI=1S/C18H23N5O3/c1-12-4-5-14(13(2)10-12)16(24)19-11-15-20-17(22-18(21-15)25-3)23-6-8-26-9-7-23/h4-5,10H,6-9,11H2,1-3H3,(H,19,24). The van der Waals surface area contributed by atoms with Crippen molar-refractivity contribution >= 4 is 11.9 Å². The molecule has 8 heteroatoms. The van der Waals surface area contributed by atoms with E-state index in [0.29, 0.717) is 43.6 Å². The summed E-state index contributed by atoms with van der Waals surface area (Å²) in [4.78, 5) is 27.5. The van der Waals surface area contributed by atoms with Crippen molar-refractivity contribution in [2.24, 2.45) is 0 Å². The van der Waals surface area contributed by atoms with Crippen molar-refractivity contribution in [2.45, 2.75) is 20.4 Å². The van der Waals surface area contributed by atoms with Crippen LogP contribution in [0.1, 0.15) is 27.3 Å². The smallest absolute Gasteiger partial charge is 0.321 e. The average Bonchev–Trinajstić information content (AvgIpc) is 2.66. The van der Waals surface area contributed by atoms with E-state index in [9.17, 15) is 4.79 Å². The zero-order valence-electron chi connectivity index (χ0n) is 15.3. The number of hydrogen-bond acceptors (Lipinski definition) is 7. The van der Waals surface area contributed by atoms with E-state index in [0.717, 1.165) is 11.1 Å². The van der Waals surface area contributed by atoms with Gasteiger partial charge in [-0.1, -0.05) is 17.7 Å². The van der Waals surface area contributed by atoms with Gasteiger partial charge in [-0.05, 0) is 25.5 Å². The molecule has 0 radical (unpaired) electrons. The maximum absolute atomic E-state index is 12.5. The molecule has 0 aliphatic carbocycles. The number of ether oxygens (including phenoxy) is 2. The normalized spacial score (nSPS) is 14.2. The Hall–Kier alpha value is -2.74. The van der Waals surface area contributed by atoms with Gasteiger partial charge in [-0.3, -0.25) is 4.79 Å². The molecule has 1 amide bonds. The van der Waals surface area contributed by atoms with E-state index in [2.05, 4.69) is 20.3 Å². The zero-order chi connectivity index (χ0) is 18.5. The van der Waals surface area contributed by atoms with Crippen LogP contribution in [-0.4, -0.2) is 54.3 Å². The molecule has 0 atom stereocenters. The number of methoxy groups -OCH3 is 1. The summed E-state index contributed by atoms with van der Waals surface area (Å²) < 4.78 is 10.5. The number of carbonyl (C=O) groups is 1. The highest BCUT2D eigenvalue weighted by Crippen LogP contribution is 2.14. The van der Waals surface area contributed by atoms with E-state index in [1.54, 1.807) is 0 Å². The first-order chi connectivity index (χ1) is 12.6. The average molecular weight is 357 g/mol. The largest absolute Gasteiger partial charge is 0.467 e. The van der Waals surface area contributed by atoms with E-state index in [-0.39, 0.29) is 18.5 Å². The number of hydrogen-bond donors (Lipinski definition) is 1.